The molecule has 0 aliphatic carbocycles. The minimum Gasteiger partial charge on any atom is -0.350 e. The van der Waals surface area contributed by atoms with Gasteiger partial charge in [0.15, 0.2) is 0 Å². The Morgan fingerprint density at radius 1 is 1.08 bits per heavy atom. The van der Waals surface area contributed by atoms with Crippen molar-refractivity contribution in [2.45, 2.75) is 18.9 Å². The highest BCUT2D eigenvalue weighted by Crippen LogP contribution is 2.33. The molecule has 3 aromatic heterocycles. The number of pyridine rings is 1. The Bertz CT molecular complexity index is 1080. The molecule has 4 aromatic rings. The van der Waals surface area contributed by atoms with Gasteiger partial charge in [0.1, 0.15) is 5.65 Å². The molecule has 6 heteroatoms. The number of hydrogen-bond donors (Lipinski definition) is 1. The number of aromatic nitrogens is 4. The van der Waals surface area contributed by atoms with Gasteiger partial charge in [-0.3, -0.25) is 4.79 Å². The van der Waals surface area contributed by atoms with E-state index < -0.39 is 0 Å². The number of imidazole rings is 2. The molecule has 6 nitrogen and oxygen atoms in total. The fourth-order valence-corrected chi connectivity index (χ4v) is 3.67. The zero-order valence-electron chi connectivity index (χ0n) is 14.0. The molecule has 0 saturated heterocycles. The van der Waals surface area contributed by atoms with Gasteiger partial charge in [-0.1, -0.05) is 18.2 Å². The first-order chi connectivity index (χ1) is 12.8. The van der Waals surface area contributed by atoms with E-state index in [2.05, 4.69) is 39.0 Å². The van der Waals surface area contributed by atoms with Gasteiger partial charge < -0.3 is 14.3 Å². The van der Waals surface area contributed by atoms with Crippen LogP contribution in [0.4, 0.5) is 0 Å². The summed E-state index contributed by atoms with van der Waals surface area (Å²) in [5.74, 6) is 0.0260. The highest BCUT2D eigenvalue weighted by molar-refractivity contribution is 5.78. The highest BCUT2D eigenvalue weighted by atomic mass is 16.1. The smallest absolute Gasteiger partial charge is 0.221 e. The van der Waals surface area contributed by atoms with Crippen molar-refractivity contribution in [3.8, 4) is 5.69 Å². The summed E-state index contributed by atoms with van der Waals surface area (Å²) in [4.78, 5) is 21.1. The number of benzene rings is 1. The lowest BCUT2D eigenvalue weighted by Crippen LogP contribution is -2.21. The summed E-state index contributed by atoms with van der Waals surface area (Å²) >= 11 is 0. The van der Waals surface area contributed by atoms with E-state index in [1.807, 2.05) is 35.2 Å². The van der Waals surface area contributed by atoms with Crippen LogP contribution in [-0.2, 0) is 11.3 Å². The van der Waals surface area contributed by atoms with Crippen molar-refractivity contribution < 1.29 is 4.79 Å². The zero-order valence-corrected chi connectivity index (χ0v) is 14.0. The molecule has 1 aromatic carbocycles. The van der Waals surface area contributed by atoms with E-state index in [9.17, 15) is 4.79 Å². The zero-order chi connectivity index (χ0) is 17.5. The Morgan fingerprint density at radius 2 is 1.96 bits per heavy atom. The van der Waals surface area contributed by atoms with Crippen molar-refractivity contribution in [1.82, 2.24) is 24.3 Å². The second-order valence-electron chi connectivity index (χ2n) is 6.47. The first kappa shape index (κ1) is 14.9. The highest BCUT2D eigenvalue weighted by Gasteiger charge is 2.28. The minimum absolute atomic E-state index is 0.0262. The van der Waals surface area contributed by atoms with Crippen molar-refractivity contribution in [2.24, 2.45) is 0 Å². The van der Waals surface area contributed by atoms with Gasteiger partial charge in [0.05, 0.1) is 24.3 Å². The Hall–Kier alpha value is -3.41. The molecule has 0 radical (unpaired) electrons. The van der Waals surface area contributed by atoms with Gasteiger partial charge in [-0.2, -0.15) is 0 Å². The van der Waals surface area contributed by atoms with Crippen LogP contribution in [0.3, 0.4) is 0 Å². The van der Waals surface area contributed by atoms with Gasteiger partial charge in [-0.05, 0) is 29.8 Å². The number of carbonyl (C=O) groups is 1. The first-order valence-electron chi connectivity index (χ1n) is 8.60. The van der Waals surface area contributed by atoms with E-state index in [0.29, 0.717) is 13.0 Å². The Kier molecular flexibility index (Phi) is 3.35. The van der Waals surface area contributed by atoms with Gasteiger partial charge in [-0.15, -0.1) is 0 Å². The molecule has 0 saturated carbocycles. The van der Waals surface area contributed by atoms with Gasteiger partial charge >= 0.3 is 0 Å². The third-order valence-electron chi connectivity index (χ3n) is 4.91. The second-order valence-corrected chi connectivity index (χ2v) is 6.47. The topological polar surface area (TPSA) is 64.2 Å². The molecule has 0 fully saturated rings. The van der Waals surface area contributed by atoms with E-state index in [0.717, 1.165) is 28.3 Å². The lowest BCUT2D eigenvalue weighted by Gasteiger charge is -2.16. The second kappa shape index (κ2) is 5.84. The molecule has 4 heterocycles. The molecule has 1 N–H and O–H groups in total. The predicted octanol–water partition coefficient (Wildman–Crippen LogP) is 2.67. The van der Waals surface area contributed by atoms with E-state index >= 15 is 0 Å². The fraction of sp³-hybridized carbons (Fsp3) is 0.150. The number of carbonyl (C=O) groups excluding carboxylic acids is 1. The van der Waals surface area contributed by atoms with Crippen LogP contribution in [0.15, 0.2) is 67.4 Å². The molecular weight excluding hydrogens is 326 g/mol. The minimum atomic E-state index is -0.0262. The van der Waals surface area contributed by atoms with E-state index in [1.165, 1.54) is 0 Å². The average Bonchev–Trinajstić information content (AvgIpc) is 3.29. The molecule has 1 aliphatic heterocycles. The molecule has 1 atom stereocenters. The van der Waals surface area contributed by atoms with E-state index in [-0.39, 0.29) is 11.8 Å². The molecule has 5 rings (SSSR count). The van der Waals surface area contributed by atoms with Crippen molar-refractivity contribution >= 4 is 11.6 Å². The Labute approximate surface area is 150 Å². The number of nitrogens with zero attached hydrogens (tertiary/aromatic N) is 4. The lowest BCUT2D eigenvalue weighted by molar-refractivity contribution is -0.121. The third kappa shape index (κ3) is 2.38. The Balaban J connectivity index is 1.62. The Morgan fingerprint density at radius 3 is 2.77 bits per heavy atom. The predicted molar refractivity (Wildman–Crippen MR) is 97.1 cm³/mol. The summed E-state index contributed by atoms with van der Waals surface area (Å²) in [5.41, 5.74) is 5.09. The van der Waals surface area contributed by atoms with Crippen LogP contribution < -0.4 is 5.32 Å². The first-order valence-corrected chi connectivity index (χ1v) is 8.60. The van der Waals surface area contributed by atoms with Crippen LogP contribution in [0.2, 0.25) is 0 Å². The van der Waals surface area contributed by atoms with Crippen molar-refractivity contribution in [2.75, 3.05) is 0 Å². The molecule has 0 unspecified atom stereocenters. The van der Waals surface area contributed by atoms with Crippen LogP contribution >= 0.6 is 0 Å². The fourth-order valence-electron chi connectivity index (χ4n) is 3.67. The average molecular weight is 343 g/mol. The summed E-state index contributed by atoms with van der Waals surface area (Å²) < 4.78 is 4.06. The van der Waals surface area contributed by atoms with Gasteiger partial charge in [0.25, 0.3) is 0 Å². The van der Waals surface area contributed by atoms with Crippen LogP contribution in [0, 0.1) is 0 Å². The molecule has 0 spiro atoms. The molecule has 1 aliphatic rings. The van der Waals surface area contributed by atoms with Crippen molar-refractivity contribution in [1.29, 1.82) is 0 Å². The normalized spacial score (nSPS) is 16.9. The number of rotatable bonds is 2. The standard InChI is InChI=1S/C20H17N5O/c26-19-11-16(14-4-6-15(7-5-14)24-10-8-21-13-24)20-17(12-22-19)23-18-3-1-2-9-25(18)20/h1-10,13,16H,11-12H2,(H,22,26)/t16-/m1/s1. The number of hydrogen-bond acceptors (Lipinski definition) is 3. The number of nitrogens with one attached hydrogen (secondary N) is 1. The summed E-state index contributed by atoms with van der Waals surface area (Å²) in [6.07, 6.45) is 7.88. The van der Waals surface area contributed by atoms with Crippen LogP contribution in [0.1, 0.15) is 29.3 Å². The van der Waals surface area contributed by atoms with E-state index in [1.54, 1.807) is 12.5 Å². The van der Waals surface area contributed by atoms with Gasteiger partial charge in [0, 0.05) is 36.6 Å². The monoisotopic (exact) mass is 343 g/mol. The lowest BCUT2D eigenvalue weighted by atomic mass is 9.91. The van der Waals surface area contributed by atoms with Crippen molar-refractivity contribution in [3.63, 3.8) is 0 Å². The summed E-state index contributed by atoms with van der Waals surface area (Å²) in [6, 6.07) is 14.3. The maximum absolute atomic E-state index is 12.3. The summed E-state index contributed by atoms with van der Waals surface area (Å²) in [6.45, 7) is 0.472. The summed E-state index contributed by atoms with van der Waals surface area (Å²) in [7, 11) is 0. The SMILES string of the molecule is O=C1C[C@H](c2ccc(-n3ccnc3)cc2)c2c(nc3ccccn23)CN1. The quantitative estimate of drug-likeness (QED) is 0.609. The van der Waals surface area contributed by atoms with Crippen LogP contribution in [0.25, 0.3) is 11.3 Å². The number of amides is 1. The van der Waals surface area contributed by atoms with Gasteiger partial charge in [0.2, 0.25) is 5.91 Å². The maximum Gasteiger partial charge on any atom is 0.221 e. The summed E-state index contributed by atoms with van der Waals surface area (Å²) in [5, 5.41) is 2.97. The largest absolute Gasteiger partial charge is 0.350 e. The van der Waals surface area contributed by atoms with Crippen LogP contribution in [-0.4, -0.2) is 24.8 Å². The van der Waals surface area contributed by atoms with E-state index in [4.69, 9.17) is 4.98 Å². The van der Waals surface area contributed by atoms with Crippen molar-refractivity contribution in [3.05, 3.63) is 84.3 Å². The maximum atomic E-state index is 12.3. The number of fused-ring (bicyclic) bond motifs is 3. The molecule has 26 heavy (non-hydrogen) atoms. The third-order valence-corrected chi connectivity index (χ3v) is 4.91. The molecule has 1 amide bonds. The molecule has 0 bridgehead atoms. The molecule has 128 valence electrons. The van der Waals surface area contributed by atoms with Crippen LogP contribution in [0.5, 0.6) is 0 Å². The van der Waals surface area contributed by atoms with Gasteiger partial charge in [-0.25, -0.2) is 9.97 Å². The molecular formula is C20H17N5O.